The summed E-state index contributed by atoms with van der Waals surface area (Å²) in [5, 5.41) is 0. The van der Waals surface area contributed by atoms with Crippen molar-refractivity contribution >= 4 is 5.78 Å². The van der Waals surface area contributed by atoms with Gasteiger partial charge in [0.2, 0.25) is 6.43 Å². The summed E-state index contributed by atoms with van der Waals surface area (Å²) in [6.07, 6.45) is 2.49. The van der Waals surface area contributed by atoms with Crippen molar-refractivity contribution in [3.8, 4) is 0 Å². The Hall–Kier alpha value is -1.51. The molecule has 2 rings (SSSR count). The van der Waals surface area contributed by atoms with Crippen LogP contribution < -0.4 is 0 Å². The summed E-state index contributed by atoms with van der Waals surface area (Å²) in [5.74, 6) is -0.610. The molecule has 1 fully saturated rings. The number of rotatable bonds is 7. The Bertz CT molecular complexity index is 577. The van der Waals surface area contributed by atoms with Crippen LogP contribution in [0.1, 0.15) is 85.7 Å². The van der Waals surface area contributed by atoms with E-state index in [0.717, 1.165) is 43.2 Å². The van der Waals surface area contributed by atoms with E-state index < -0.39 is 12.3 Å². The molecule has 0 N–H and O–H groups in total. The summed E-state index contributed by atoms with van der Waals surface area (Å²) < 4.78 is 26.6. The third-order valence-electron chi connectivity index (χ3n) is 4.86. The standard InChI is InChI=1S/C20H26F2O/c1-4-5-9-18(23)17-8-6-7-16(14(3)20(21)22)19(17)15-11-10-13(2)12-15/h6-8,14-15,20H,2,4-5,9-12H2,1,3H3. The summed E-state index contributed by atoms with van der Waals surface area (Å²) >= 11 is 0. The van der Waals surface area contributed by atoms with Crippen LogP contribution in [0, 0.1) is 0 Å². The number of halogens is 2. The second kappa shape index (κ2) is 7.85. The third kappa shape index (κ3) is 4.07. The van der Waals surface area contributed by atoms with Crippen LogP contribution >= 0.6 is 0 Å². The first-order chi connectivity index (χ1) is 11.0. The highest BCUT2D eigenvalue weighted by atomic mass is 19.3. The Morgan fingerprint density at radius 2 is 2.13 bits per heavy atom. The molecule has 1 aromatic carbocycles. The maximum atomic E-state index is 13.3. The largest absolute Gasteiger partial charge is 0.294 e. The van der Waals surface area contributed by atoms with E-state index in [-0.39, 0.29) is 11.7 Å². The molecule has 1 aliphatic rings. The normalized spacial score (nSPS) is 19.3. The average Bonchev–Trinajstić information content (AvgIpc) is 2.97. The number of hydrogen-bond donors (Lipinski definition) is 0. The van der Waals surface area contributed by atoms with E-state index in [1.165, 1.54) is 0 Å². The number of ketones is 1. The van der Waals surface area contributed by atoms with Crippen LogP contribution in [0.15, 0.2) is 30.4 Å². The van der Waals surface area contributed by atoms with Crippen LogP contribution in [-0.4, -0.2) is 12.2 Å². The van der Waals surface area contributed by atoms with Crippen LogP contribution in [0.4, 0.5) is 8.78 Å². The molecule has 2 unspecified atom stereocenters. The fourth-order valence-corrected chi connectivity index (χ4v) is 3.46. The SMILES string of the molecule is C=C1CCC(c2c(C(=O)CCCC)cccc2C(C)C(F)F)C1. The zero-order valence-corrected chi connectivity index (χ0v) is 14.1. The summed E-state index contributed by atoms with van der Waals surface area (Å²) in [7, 11) is 0. The molecule has 3 heteroatoms. The predicted molar refractivity (Wildman–Crippen MR) is 90.4 cm³/mol. The number of carbonyl (C=O) groups excluding carboxylic acids is 1. The van der Waals surface area contributed by atoms with Crippen molar-refractivity contribution in [1.29, 1.82) is 0 Å². The number of allylic oxidation sites excluding steroid dienone is 1. The van der Waals surface area contributed by atoms with Gasteiger partial charge in [-0.15, -0.1) is 0 Å². The lowest BCUT2D eigenvalue weighted by atomic mass is 9.82. The van der Waals surface area contributed by atoms with Crippen molar-refractivity contribution in [2.45, 2.75) is 70.6 Å². The molecule has 0 spiro atoms. The van der Waals surface area contributed by atoms with Crippen molar-refractivity contribution in [1.82, 2.24) is 0 Å². The number of benzene rings is 1. The van der Waals surface area contributed by atoms with E-state index in [1.54, 1.807) is 19.1 Å². The molecule has 0 bridgehead atoms. The van der Waals surface area contributed by atoms with Gasteiger partial charge in [0.15, 0.2) is 5.78 Å². The molecule has 1 nitrogen and oxygen atoms in total. The predicted octanol–water partition coefficient (Wildman–Crippen LogP) is 6.25. The molecule has 0 aromatic heterocycles. The van der Waals surface area contributed by atoms with Gasteiger partial charge in [-0.25, -0.2) is 8.78 Å². The molecule has 1 aromatic rings. The fraction of sp³-hybridized carbons (Fsp3) is 0.550. The molecule has 0 aliphatic heterocycles. The number of hydrogen-bond acceptors (Lipinski definition) is 1. The van der Waals surface area contributed by atoms with Gasteiger partial charge < -0.3 is 0 Å². The molecule has 0 amide bonds. The van der Waals surface area contributed by atoms with Crippen molar-refractivity contribution in [3.05, 3.63) is 47.0 Å². The van der Waals surface area contributed by atoms with Gasteiger partial charge in [0.05, 0.1) is 0 Å². The monoisotopic (exact) mass is 320 g/mol. The van der Waals surface area contributed by atoms with Crippen molar-refractivity contribution in [2.75, 3.05) is 0 Å². The maximum absolute atomic E-state index is 13.3. The molecule has 1 saturated carbocycles. The summed E-state index contributed by atoms with van der Waals surface area (Å²) in [6, 6.07) is 5.33. The van der Waals surface area contributed by atoms with Gasteiger partial charge in [0, 0.05) is 17.9 Å². The van der Waals surface area contributed by atoms with E-state index >= 15 is 0 Å². The van der Waals surface area contributed by atoms with Crippen LogP contribution in [-0.2, 0) is 0 Å². The minimum absolute atomic E-state index is 0.0858. The van der Waals surface area contributed by atoms with E-state index in [0.29, 0.717) is 17.5 Å². The second-order valence-electron chi connectivity index (χ2n) is 6.65. The lowest BCUT2D eigenvalue weighted by molar-refractivity contribution is 0.0976. The van der Waals surface area contributed by atoms with Gasteiger partial charge in [-0.3, -0.25) is 4.79 Å². The molecule has 0 radical (unpaired) electrons. The van der Waals surface area contributed by atoms with Gasteiger partial charge in [0.1, 0.15) is 0 Å². The number of Topliss-reactive ketones (excluding diaryl/α,β-unsaturated/α-hetero) is 1. The zero-order chi connectivity index (χ0) is 17.0. The van der Waals surface area contributed by atoms with Crippen LogP contribution in [0.25, 0.3) is 0 Å². The number of carbonyl (C=O) groups is 1. The molecule has 0 saturated heterocycles. The molecular weight excluding hydrogens is 294 g/mol. The Morgan fingerprint density at radius 3 is 2.70 bits per heavy atom. The number of unbranched alkanes of at least 4 members (excludes halogenated alkanes) is 1. The van der Waals surface area contributed by atoms with Crippen LogP contribution in [0.2, 0.25) is 0 Å². The number of alkyl halides is 2. The second-order valence-corrected chi connectivity index (χ2v) is 6.65. The van der Waals surface area contributed by atoms with Gasteiger partial charge in [-0.1, -0.05) is 50.6 Å². The molecule has 0 heterocycles. The lowest BCUT2D eigenvalue weighted by Crippen LogP contribution is -2.14. The fourth-order valence-electron chi connectivity index (χ4n) is 3.46. The van der Waals surface area contributed by atoms with Gasteiger partial charge in [-0.05, 0) is 42.7 Å². The maximum Gasteiger partial charge on any atom is 0.245 e. The van der Waals surface area contributed by atoms with E-state index in [1.807, 2.05) is 13.0 Å². The first-order valence-corrected chi connectivity index (χ1v) is 8.56. The smallest absolute Gasteiger partial charge is 0.245 e. The average molecular weight is 320 g/mol. The summed E-state index contributed by atoms with van der Waals surface area (Å²) in [5.41, 5.74) is 3.31. The summed E-state index contributed by atoms with van der Waals surface area (Å²) in [4.78, 5) is 12.6. The lowest BCUT2D eigenvalue weighted by Gasteiger charge is -2.23. The highest BCUT2D eigenvalue weighted by Gasteiger charge is 2.30. The van der Waals surface area contributed by atoms with Crippen molar-refractivity contribution in [2.24, 2.45) is 0 Å². The quantitative estimate of drug-likeness (QED) is 0.428. The third-order valence-corrected chi connectivity index (χ3v) is 4.86. The van der Waals surface area contributed by atoms with Crippen LogP contribution in [0.3, 0.4) is 0 Å². The minimum atomic E-state index is -2.42. The van der Waals surface area contributed by atoms with Crippen LogP contribution in [0.5, 0.6) is 0 Å². The molecule has 126 valence electrons. The Labute approximate surface area is 137 Å². The van der Waals surface area contributed by atoms with E-state index in [9.17, 15) is 13.6 Å². The van der Waals surface area contributed by atoms with Crippen molar-refractivity contribution < 1.29 is 13.6 Å². The molecular formula is C20H26F2O. The molecule has 1 aliphatic carbocycles. The van der Waals surface area contributed by atoms with Gasteiger partial charge in [-0.2, -0.15) is 0 Å². The Kier molecular flexibility index (Phi) is 6.09. The summed E-state index contributed by atoms with van der Waals surface area (Å²) in [6.45, 7) is 7.63. The van der Waals surface area contributed by atoms with E-state index in [4.69, 9.17) is 0 Å². The molecule has 23 heavy (non-hydrogen) atoms. The van der Waals surface area contributed by atoms with Gasteiger partial charge >= 0.3 is 0 Å². The first kappa shape index (κ1) is 17.8. The highest BCUT2D eigenvalue weighted by Crippen LogP contribution is 2.43. The Morgan fingerprint density at radius 1 is 1.39 bits per heavy atom. The first-order valence-electron chi connectivity index (χ1n) is 8.56. The van der Waals surface area contributed by atoms with Gasteiger partial charge in [0.25, 0.3) is 0 Å². The topological polar surface area (TPSA) is 17.1 Å². The zero-order valence-electron chi connectivity index (χ0n) is 14.1. The van der Waals surface area contributed by atoms with E-state index in [2.05, 4.69) is 6.58 Å². The minimum Gasteiger partial charge on any atom is -0.294 e. The highest BCUT2D eigenvalue weighted by molar-refractivity contribution is 5.98. The Balaban J connectivity index is 2.46. The van der Waals surface area contributed by atoms with Crippen molar-refractivity contribution in [3.63, 3.8) is 0 Å². The molecule has 2 atom stereocenters.